The highest BCUT2D eigenvalue weighted by Crippen LogP contribution is 2.08. The van der Waals surface area contributed by atoms with Crippen molar-refractivity contribution in [1.29, 1.82) is 0 Å². The molecule has 0 aliphatic carbocycles. The van der Waals surface area contributed by atoms with Crippen LogP contribution in [0.1, 0.15) is 6.92 Å². The summed E-state index contributed by atoms with van der Waals surface area (Å²) in [5, 5.41) is 21.1. The van der Waals surface area contributed by atoms with Gasteiger partial charge in [-0.1, -0.05) is 0 Å². The summed E-state index contributed by atoms with van der Waals surface area (Å²) in [6.45, 7) is 5.22. The molecule has 1 rings (SSSR count). The van der Waals surface area contributed by atoms with Gasteiger partial charge >= 0.3 is 5.97 Å². The van der Waals surface area contributed by atoms with Crippen molar-refractivity contribution >= 4 is 17.7 Å². The fraction of sp³-hybridized carbons (Fsp3) is 0.900. The first-order valence-corrected chi connectivity index (χ1v) is 6.64. The Morgan fingerprint density at radius 1 is 1.50 bits per heavy atom. The summed E-state index contributed by atoms with van der Waals surface area (Å²) in [6, 6.07) is 0. The third-order valence-corrected chi connectivity index (χ3v) is 3.58. The highest BCUT2D eigenvalue weighted by molar-refractivity contribution is 7.99. The van der Waals surface area contributed by atoms with Crippen LogP contribution in [0.4, 0.5) is 0 Å². The van der Waals surface area contributed by atoms with Crippen LogP contribution in [0.2, 0.25) is 0 Å². The maximum absolute atomic E-state index is 10.6. The predicted molar refractivity (Wildman–Crippen MR) is 64.9 cm³/mol. The second-order valence-corrected chi connectivity index (χ2v) is 5.43. The van der Waals surface area contributed by atoms with E-state index in [1.807, 2.05) is 11.8 Å². The van der Waals surface area contributed by atoms with Crippen molar-refractivity contribution in [3.8, 4) is 0 Å². The van der Waals surface area contributed by atoms with Crippen LogP contribution in [0, 0.1) is 0 Å². The van der Waals surface area contributed by atoms with Crippen LogP contribution >= 0.6 is 11.8 Å². The first kappa shape index (κ1) is 13.8. The van der Waals surface area contributed by atoms with Gasteiger partial charge in [0.05, 0.1) is 0 Å². The Labute approximate surface area is 100 Å². The Morgan fingerprint density at radius 2 is 2.12 bits per heavy atom. The molecule has 0 amide bonds. The number of aliphatic carboxylic acids is 1. The van der Waals surface area contributed by atoms with Crippen molar-refractivity contribution in [3.05, 3.63) is 0 Å². The molecular formula is C10H20N2O3S. The molecule has 0 saturated carbocycles. The lowest BCUT2D eigenvalue weighted by molar-refractivity contribution is -0.156. The van der Waals surface area contributed by atoms with Crippen LogP contribution in [-0.2, 0) is 4.79 Å². The topological polar surface area (TPSA) is 72.8 Å². The molecule has 0 aromatic rings. The summed E-state index contributed by atoms with van der Waals surface area (Å²) in [4.78, 5) is 13.0. The number of nitrogens with one attached hydrogen (secondary N) is 1. The molecule has 1 unspecified atom stereocenters. The zero-order chi connectivity index (χ0) is 12.0. The number of aliphatic hydroxyl groups is 1. The zero-order valence-electron chi connectivity index (χ0n) is 9.61. The molecule has 1 heterocycles. The van der Waals surface area contributed by atoms with Crippen molar-refractivity contribution in [2.24, 2.45) is 0 Å². The van der Waals surface area contributed by atoms with Crippen molar-refractivity contribution in [1.82, 2.24) is 10.2 Å². The van der Waals surface area contributed by atoms with E-state index < -0.39 is 11.6 Å². The van der Waals surface area contributed by atoms with E-state index in [4.69, 9.17) is 5.11 Å². The van der Waals surface area contributed by atoms with Gasteiger partial charge < -0.3 is 20.4 Å². The van der Waals surface area contributed by atoms with Crippen LogP contribution in [0.5, 0.6) is 0 Å². The number of carboxylic acids is 1. The summed E-state index contributed by atoms with van der Waals surface area (Å²) in [7, 11) is 0. The van der Waals surface area contributed by atoms with Crippen molar-refractivity contribution in [2.75, 3.05) is 44.2 Å². The predicted octanol–water partition coefficient (Wildman–Crippen LogP) is -0.540. The molecule has 0 radical (unpaired) electrons. The fourth-order valence-corrected chi connectivity index (χ4v) is 2.45. The summed E-state index contributed by atoms with van der Waals surface area (Å²) in [5.41, 5.74) is -1.67. The molecule has 1 aliphatic heterocycles. The highest BCUT2D eigenvalue weighted by Gasteiger charge is 2.28. The number of thioether (sulfide) groups is 1. The van der Waals surface area contributed by atoms with Crippen LogP contribution in [0.15, 0.2) is 0 Å². The first-order valence-electron chi connectivity index (χ1n) is 5.49. The molecule has 1 fully saturated rings. The Kier molecular flexibility index (Phi) is 5.54. The molecule has 1 atom stereocenters. The van der Waals surface area contributed by atoms with Gasteiger partial charge in [-0.3, -0.25) is 0 Å². The Hall–Kier alpha value is -0.300. The lowest BCUT2D eigenvalue weighted by Crippen LogP contribution is -2.47. The van der Waals surface area contributed by atoms with Crippen LogP contribution < -0.4 is 5.32 Å². The van der Waals surface area contributed by atoms with E-state index in [0.29, 0.717) is 6.54 Å². The molecule has 0 bridgehead atoms. The molecule has 94 valence electrons. The van der Waals surface area contributed by atoms with E-state index >= 15 is 0 Å². The highest BCUT2D eigenvalue weighted by atomic mass is 32.2. The average Bonchev–Trinajstić information content (AvgIpc) is 2.26. The van der Waals surface area contributed by atoms with Gasteiger partial charge in [0.2, 0.25) is 0 Å². The Morgan fingerprint density at radius 3 is 2.69 bits per heavy atom. The second kappa shape index (κ2) is 6.44. The number of hydrogen-bond donors (Lipinski definition) is 3. The van der Waals surface area contributed by atoms with Gasteiger partial charge in [-0.05, 0) is 6.92 Å². The SMILES string of the molecule is CC(O)(CNCCN1CCSCC1)C(=O)O. The third kappa shape index (κ3) is 4.69. The zero-order valence-corrected chi connectivity index (χ0v) is 10.4. The number of rotatable bonds is 6. The van der Waals surface area contributed by atoms with Crippen molar-refractivity contribution < 1.29 is 15.0 Å². The standard InChI is InChI=1S/C10H20N2O3S/c1-10(15,9(13)14)8-11-2-3-12-4-6-16-7-5-12/h11,15H,2-8H2,1H3,(H,13,14). The van der Waals surface area contributed by atoms with Gasteiger partial charge in [-0.25, -0.2) is 4.79 Å². The molecule has 1 aliphatic rings. The number of carbonyl (C=O) groups is 1. The van der Waals surface area contributed by atoms with Crippen molar-refractivity contribution in [3.63, 3.8) is 0 Å². The molecule has 0 spiro atoms. The van der Waals surface area contributed by atoms with Gasteiger partial charge in [0.25, 0.3) is 0 Å². The van der Waals surface area contributed by atoms with E-state index in [1.165, 1.54) is 18.4 Å². The van der Waals surface area contributed by atoms with Gasteiger partial charge in [-0.15, -0.1) is 0 Å². The minimum absolute atomic E-state index is 0.0882. The second-order valence-electron chi connectivity index (χ2n) is 4.21. The van der Waals surface area contributed by atoms with Gasteiger partial charge in [-0.2, -0.15) is 11.8 Å². The van der Waals surface area contributed by atoms with Crippen LogP contribution in [0.25, 0.3) is 0 Å². The van der Waals surface area contributed by atoms with E-state index in [-0.39, 0.29) is 6.54 Å². The molecule has 6 heteroatoms. The molecule has 0 aromatic heterocycles. The molecule has 0 aromatic carbocycles. The van der Waals surface area contributed by atoms with E-state index in [9.17, 15) is 9.90 Å². The molecule has 1 saturated heterocycles. The van der Waals surface area contributed by atoms with Crippen LogP contribution in [-0.4, -0.2) is 70.9 Å². The van der Waals surface area contributed by atoms with Gasteiger partial charge in [0.15, 0.2) is 5.60 Å². The average molecular weight is 248 g/mol. The normalized spacial score (nSPS) is 21.6. The number of carboxylic acid groups (broad SMARTS) is 1. The summed E-state index contributed by atoms with van der Waals surface area (Å²) >= 11 is 1.97. The fourth-order valence-electron chi connectivity index (χ4n) is 1.47. The smallest absolute Gasteiger partial charge is 0.336 e. The van der Waals surface area contributed by atoms with E-state index in [0.717, 1.165) is 19.6 Å². The quantitative estimate of drug-likeness (QED) is 0.548. The van der Waals surface area contributed by atoms with E-state index in [1.54, 1.807) is 0 Å². The Balaban J connectivity index is 2.09. The summed E-state index contributed by atoms with van der Waals surface area (Å²) in [6.07, 6.45) is 0. The third-order valence-electron chi connectivity index (χ3n) is 2.64. The first-order chi connectivity index (χ1) is 7.52. The van der Waals surface area contributed by atoms with E-state index in [2.05, 4.69) is 10.2 Å². The van der Waals surface area contributed by atoms with Crippen molar-refractivity contribution in [2.45, 2.75) is 12.5 Å². The number of nitrogens with zero attached hydrogens (tertiary/aromatic N) is 1. The molecular weight excluding hydrogens is 228 g/mol. The minimum Gasteiger partial charge on any atom is -0.479 e. The summed E-state index contributed by atoms with van der Waals surface area (Å²) in [5.74, 6) is 1.16. The largest absolute Gasteiger partial charge is 0.479 e. The van der Waals surface area contributed by atoms with Crippen LogP contribution in [0.3, 0.4) is 0 Å². The number of hydrogen-bond acceptors (Lipinski definition) is 5. The summed E-state index contributed by atoms with van der Waals surface area (Å²) < 4.78 is 0. The maximum Gasteiger partial charge on any atom is 0.336 e. The molecule has 3 N–H and O–H groups in total. The monoisotopic (exact) mass is 248 g/mol. The lowest BCUT2D eigenvalue weighted by Gasteiger charge is -2.26. The minimum atomic E-state index is -1.67. The lowest BCUT2D eigenvalue weighted by atomic mass is 10.1. The molecule has 5 nitrogen and oxygen atoms in total. The van der Waals surface area contributed by atoms with Gasteiger partial charge in [0.1, 0.15) is 0 Å². The molecule has 16 heavy (non-hydrogen) atoms. The maximum atomic E-state index is 10.6. The van der Waals surface area contributed by atoms with Gasteiger partial charge in [0, 0.05) is 44.2 Å². The Bertz CT molecular complexity index is 230.